The lowest BCUT2D eigenvalue weighted by Crippen LogP contribution is -2.36. The molecule has 1 heterocycles. The van der Waals surface area contributed by atoms with Crippen LogP contribution >= 0.6 is 0 Å². The third-order valence-corrected chi connectivity index (χ3v) is 2.53. The van der Waals surface area contributed by atoms with Crippen LogP contribution in [0.5, 0.6) is 0 Å². The molecule has 2 rings (SSSR count). The summed E-state index contributed by atoms with van der Waals surface area (Å²) >= 11 is 0. The smallest absolute Gasteiger partial charge is 0.318 e. The van der Waals surface area contributed by atoms with E-state index in [1.165, 1.54) is 5.56 Å². The second-order valence-corrected chi connectivity index (χ2v) is 4.66. The van der Waals surface area contributed by atoms with Crippen LogP contribution < -0.4 is 5.32 Å². The molecule has 1 aliphatic heterocycles. The van der Waals surface area contributed by atoms with Crippen LogP contribution in [0.3, 0.4) is 0 Å². The Balaban J connectivity index is 2.05. The monoisotopic (exact) mass is 204 g/mol. The first kappa shape index (κ1) is 10.0. The third-order valence-electron chi connectivity index (χ3n) is 2.53. The summed E-state index contributed by atoms with van der Waals surface area (Å²) in [5, 5.41) is 2.95. The van der Waals surface area contributed by atoms with E-state index in [0.717, 1.165) is 6.54 Å². The minimum Gasteiger partial charge on any atom is -0.331 e. The highest BCUT2D eigenvalue weighted by Gasteiger charge is 2.34. The van der Waals surface area contributed by atoms with Crippen LogP contribution in [0.25, 0.3) is 0 Å². The molecule has 3 heteroatoms. The fraction of sp³-hybridized carbons (Fsp3) is 0.417. The maximum absolute atomic E-state index is 11.6. The van der Waals surface area contributed by atoms with Crippen molar-refractivity contribution in [3.8, 4) is 0 Å². The normalized spacial score (nSPS) is 19.1. The summed E-state index contributed by atoms with van der Waals surface area (Å²) in [6.07, 6.45) is 0. The fourth-order valence-corrected chi connectivity index (χ4v) is 1.89. The lowest BCUT2D eigenvalue weighted by Gasteiger charge is -2.17. The van der Waals surface area contributed by atoms with E-state index in [4.69, 9.17) is 0 Å². The molecule has 0 unspecified atom stereocenters. The Labute approximate surface area is 90.1 Å². The van der Waals surface area contributed by atoms with Gasteiger partial charge < -0.3 is 10.2 Å². The molecule has 1 aromatic rings. The molecule has 0 aromatic heterocycles. The van der Waals surface area contributed by atoms with E-state index in [1.807, 2.05) is 49.1 Å². The van der Waals surface area contributed by atoms with Gasteiger partial charge in [-0.15, -0.1) is 0 Å². The van der Waals surface area contributed by atoms with Crippen molar-refractivity contribution >= 4 is 6.03 Å². The van der Waals surface area contributed by atoms with Gasteiger partial charge in [0, 0.05) is 13.1 Å². The summed E-state index contributed by atoms with van der Waals surface area (Å²) in [5.41, 5.74) is 1.07. The minimum atomic E-state index is -0.105. The minimum absolute atomic E-state index is 0.0313. The van der Waals surface area contributed by atoms with Crippen LogP contribution in [-0.2, 0) is 6.54 Å². The Morgan fingerprint density at radius 1 is 1.33 bits per heavy atom. The number of nitrogens with one attached hydrogen (secondary N) is 1. The van der Waals surface area contributed by atoms with E-state index in [9.17, 15) is 4.79 Å². The number of rotatable bonds is 2. The standard InChI is InChI=1S/C12H16N2O/c1-12(2)9-14(11(15)13-12)8-10-6-4-3-5-7-10/h3-7H,8-9H2,1-2H3,(H,13,15). The van der Waals surface area contributed by atoms with Crippen molar-refractivity contribution < 1.29 is 4.79 Å². The van der Waals surface area contributed by atoms with E-state index in [1.54, 1.807) is 0 Å². The second-order valence-electron chi connectivity index (χ2n) is 4.66. The van der Waals surface area contributed by atoms with Crippen molar-refractivity contribution in [1.82, 2.24) is 10.2 Å². The molecule has 0 aliphatic carbocycles. The summed E-state index contributed by atoms with van der Waals surface area (Å²) in [6, 6.07) is 10.1. The average molecular weight is 204 g/mol. The van der Waals surface area contributed by atoms with Gasteiger partial charge in [0.2, 0.25) is 0 Å². The van der Waals surface area contributed by atoms with Gasteiger partial charge in [-0.2, -0.15) is 0 Å². The number of carbonyl (C=O) groups is 1. The molecule has 1 N–H and O–H groups in total. The molecule has 1 saturated heterocycles. The maximum Gasteiger partial charge on any atom is 0.318 e. The quantitative estimate of drug-likeness (QED) is 0.785. The largest absolute Gasteiger partial charge is 0.331 e. The van der Waals surface area contributed by atoms with Crippen molar-refractivity contribution in [3.05, 3.63) is 35.9 Å². The second kappa shape index (κ2) is 3.57. The highest BCUT2D eigenvalue weighted by molar-refractivity contribution is 5.77. The Morgan fingerprint density at radius 3 is 2.53 bits per heavy atom. The van der Waals surface area contributed by atoms with Gasteiger partial charge in [0.1, 0.15) is 0 Å². The molecule has 1 fully saturated rings. The number of hydrogen-bond donors (Lipinski definition) is 1. The van der Waals surface area contributed by atoms with Crippen LogP contribution in [0.1, 0.15) is 19.4 Å². The molecule has 0 bridgehead atoms. The van der Waals surface area contributed by atoms with Crippen molar-refractivity contribution in [1.29, 1.82) is 0 Å². The molecule has 0 radical (unpaired) electrons. The Hall–Kier alpha value is -1.51. The maximum atomic E-state index is 11.6. The molecule has 2 amide bonds. The van der Waals surface area contributed by atoms with E-state index in [2.05, 4.69) is 5.32 Å². The number of nitrogens with zero attached hydrogens (tertiary/aromatic N) is 1. The van der Waals surface area contributed by atoms with Crippen molar-refractivity contribution in [3.63, 3.8) is 0 Å². The molecular formula is C12H16N2O. The zero-order valence-electron chi connectivity index (χ0n) is 9.16. The predicted molar refractivity (Wildman–Crippen MR) is 59.5 cm³/mol. The molecule has 1 aliphatic rings. The molecule has 15 heavy (non-hydrogen) atoms. The van der Waals surface area contributed by atoms with E-state index >= 15 is 0 Å². The number of urea groups is 1. The first-order valence-electron chi connectivity index (χ1n) is 5.18. The van der Waals surface area contributed by atoms with Crippen LogP contribution in [-0.4, -0.2) is 23.0 Å². The molecule has 0 saturated carbocycles. The molecular weight excluding hydrogens is 188 g/mol. The summed E-state index contributed by atoms with van der Waals surface area (Å²) in [7, 11) is 0. The van der Waals surface area contributed by atoms with Gasteiger partial charge in [-0.05, 0) is 19.4 Å². The third kappa shape index (κ3) is 2.29. The zero-order chi connectivity index (χ0) is 10.9. The van der Waals surface area contributed by atoms with Gasteiger partial charge in [0.05, 0.1) is 5.54 Å². The van der Waals surface area contributed by atoms with Crippen LogP contribution in [0.15, 0.2) is 30.3 Å². The zero-order valence-corrected chi connectivity index (χ0v) is 9.16. The highest BCUT2D eigenvalue weighted by atomic mass is 16.2. The molecule has 80 valence electrons. The molecule has 3 nitrogen and oxygen atoms in total. The Kier molecular flexibility index (Phi) is 2.39. The summed E-state index contributed by atoms with van der Waals surface area (Å²) < 4.78 is 0. The highest BCUT2D eigenvalue weighted by Crippen LogP contribution is 2.16. The Bertz CT molecular complexity index is 359. The molecule has 0 atom stereocenters. The van der Waals surface area contributed by atoms with Gasteiger partial charge in [-0.1, -0.05) is 30.3 Å². The van der Waals surface area contributed by atoms with Crippen molar-refractivity contribution in [2.24, 2.45) is 0 Å². The lowest BCUT2D eigenvalue weighted by molar-refractivity contribution is 0.215. The van der Waals surface area contributed by atoms with Crippen LogP contribution in [0.2, 0.25) is 0 Å². The van der Waals surface area contributed by atoms with E-state index < -0.39 is 0 Å². The Morgan fingerprint density at radius 2 is 2.00 bits per heavy atom. The number of benzene rings is 1. The van der Waals surface area contributed by atoms with Crippen LogP contribution in [0.4, 0.5) is 4.79 Å². The predicted octanol–water partition coefficient (Wildman–Crippen LogP) is 1.99. The lowest BCUT2D eigenvalue weighted by atomic mass is 10.1. The fourth-order valence-electron chi connectivity index (χ4n) is 1.89. The van der Waals surface area contributed by atoms with Gasteiger partial charge in [0.15, 0.2) is 0 Å². The molecule has 1 aromatic carbocycles. The topological polar surface area (TPSA) is 32.3 Å². The summed E-state index contributed by atoms with van der Waals surface area (Å²) in [4.78, 5) is 13.5. The SMILES string of the molecule is CC1(C)CN(Cc2ccccc2)C(=O)N1. The van der Waals surface area contributed by atoms with Crippen molar-refractivity contribution in [2.45, 2.75) is 25.9 Å². The van der Waals surface area contributed by atoms with Gasteiger partial charge in [-0.3, -0.25) is 0 Å². The van der Waals surface area contributed by atoms with Crippen LogP contribution in [0, 0.1) is 0 Å². The van der Waals surface area contributed by atoms with Crippen molar-refractivity contribution in [2.75, 3.05) is 6.54 Å². The summed E-state index contributed by atoms with van der Waals surface area (Å²) in [6.45, 7) is 5.53. The van der Waals surface area contributed by atoms with Gasteiger partial charge in [0.25, 0.3) is 0 Å². The number of amides is 2. The first-order valence-corrected chi connectivity index (χ1v) is 5.18. The molecule has 0 spiro atoms. The first-order chi connectivity index (χ1) is 7.07. The number of hydrogen-bond acceptors (Lipinski definition) is 1. The van der Waals surface area contributed by atoms with Gasteiger partial charge in [-0.25, -0.2) is 4.79 Å². The summed E-state index contributed by atoms with van der Waals surface area (Å²) in [5.74, 6) is 0. The van der Waals surface area contributed by atoms with Gasteiger partial charge >= 0.3 is 6.03 Å². The van der Waals surface area contributed by atoms with E-state index in [0.29, 0.717) is 6.54 Å². The van der Waals surface area contributed by atoms with E-state index in [-0.39, 0.29) is 11.6 Å². The number of carbonyl (C=O) groups excluding carboxylic acids is 1. The average Bonchev–Trinajstić information content (AvgIpc) is 2.41.